The lowest BCUT2D eigenvalue weighted by molar-refractivity contribution is 0.199. The van der Waals surface area contributed by atoms with E-state index >= 15 is 0 Å². The third kappa shape index (κ3) is 3.72. The number of hydrogen-bond donors (Lipinski definition) is 1. The Morgan fingerprint density at radius 3 is 2.63 bits per heavy atom. The second-order valence-electron chi connectivity index (χ2n) is 4.25. The Hall–Kier alpha value is -1.03. The molecule has 0 spiro atoms. The van der Waals surface area contributed by atoms with Gasteiger partial charge in [0.2, 0.25) is 0 Å². The maximum atomic E-state index is 9.48. The number of halogens is 2. The molecule has 2 aromatic rings. The molecule has 0 aliphatic rings. The van der Waals surface area contributed by atoms with Crippen molar-refractivity contribution in [2.45, 2.75) is 19.6 Å². The first kappa shape index (κ1) is 14.4. The van der Waals surface area contributed by atoms with Gasteiger partial charge in [0.05, 0.1) is 11.1 Å². The second kappa shape index (κ2) is 6.42. The highest BCUT2D eigenvalue weighted by Gasteiger charge is 2.07. The largest absolute Gasteiger partial charge is 0.487 e. The molecule has 0 fully saturated rings. The summed E-state index contributed by atoms with van der Waals surface area (Å²) in [5, 5.41) is 9.98. The van der Waals surface area contributed by atoms with E-state index in [1.54, 1.807) is 19.1 Å². The monoisotopic (exact) mass is 340 g/mol. The number of aliphatic hydroxyl groups is 1. The predicted octanol–water partition coefficient (Wildman–Crippen LogP) is 4.73. The van der Waals surface area contributed by atoms with Crippen LogP contribution in [-0.4, -0.2) is 5.11 Å². The van der Waals surface area contributed by atoms with Crippen LogP contribution in [0.3, 0.4) is 0 Å². The first-order valence-electron chi connectivity index (χ1n) is 5.91. The van der Waals surface area contributed by atoms with Crippen LogP contribution >= 0.6 is 27.5 Å². The summed E-state index contributed by atoms with van der Waals surface area (Å²) in [6.45, 7) is 2.14. The van der Waals surface area contributed by atoms with Crippen LogP contribution in [0.15, 0.2) is 46.9 Å². The van der Waals surface area contributed by atoms with Crippen molar-refractivity contribution in [3.8, 4) is 5.75 Å². The zero-order valence-electron chi connectivity index (χ0n) is 10.4. The van der Waals surface area contributed by atoms with Gasteiger partial charge in [-0.1, -0.05) is 51.8 Å². The molecule has 0 saturated carbocycles. The molecule has 0 heterocycles. The molecule has 19 heavy (non-hydrogen) atoms. The van der Waals surface area contributed by atoms with Gasteiger partial charge >= 0.3 is 0 Å². The Bertz CT molecular complexity index is 570. The summed E-state index contributed by atoms with van der Waals surface area (Å²) < 4.78 is 6.70. The van der Waals surface area contributed by atoms with E-state index in [4.69, 9.17) is 16.3 Å². The summed E-state index contributed by atoms with van der Waals surface area (Å²) in [6, 6.07) is 13.2. The summed E-state index contributed by atoms with van der Waals surface area (Å²) >= 11 is 9.60. The molecule has 0 aromatic heterocycles. The van der Waals surface area contributed by atoms with E-state index in [2.05, 4.69) is 15.9 Å². The van der Waals surface area contributed by atoms with Crippen LogP contribution in [-0.2, 0) is 6.61 Å². The molecule has 2 aromatic carbocycles. The van der Waals surface area contributed by atoms with Gasteiger partial charge in [0.15, 0.2) is 0 Å². The molecule has 1 atom stereocenters. The Kier molecular flexibility index (Phi) is 4.86. The quantitative estimate of drug-likeness (QED) is 0.870. The smallest absolute Gasteiger partial charge is 0.138 e. The maximum absolute atomic E-state index is 9.48. The van der Waals surface area contributed by atoms with Gasteiger partial charge in [0, 0.05) is 10.0 Å². The van der Waals surface area contributed by atoms with Crippen molar-refractivity contribution in [2.75, 3.05) is 0 Å². The number of aliphatic hydroxyl groups excluding tert-OH is 1. The van der Waals surface area contributed by atoms with E-state index in [0.717, 1.165) is 15.6 Å². The molecule has 100 valence electrons. The van der Waals surface area contributed by atoms with Crippen molar-refractivity contribution in [1.29, 1.82) is 0 Å². The summed E-state index contributed by atoms with van der Waals surface area (Å²) in [5.74, 6) is 0.613. The average molecular weight is 342 g/mol. The summed E-state index contributed by atoms with van der Waals surface area (Å²) in [7, 11) is 0. The molecule has 0 bridgehead atoms. The van der Waals surface area contributed by atoms with Crippen LogP contribution in [0.5, 0.6) is 5.75 Å². The molecule has 2 rings (SSSR count). The van der Waals surface area contributed by atoms with E-state index in [-0.39, 0.29) is 0 Å². The average Bonchev–Trinajstić information content (AvgIpc) is 2.39. The van der Waals surface area contributed by atoms with Gasteiger partial charge in [-0.25, -0.2) is 0 Å². The maximum Gasteiger partial charge on any atom is 0.138 e. The third-order valence-electron chi connectivity index (χ3n) is 2.78. The van der Waals surface area contributed by atoms with Crippen molar-refractivity contribution < 1.29 is 9.84 Å². The van der Waals surface area contributed by atoms with Crippen LogP contribution in [0, 0.1) is 0 Å². The van der Waals surface area contributed by atoms with Crippen molar-refractivity contribution >= 4 is 27.5 Å². The number of rotatable bonds is 4. The highest BCUT2D eigenvalue weighted by atomic mass is 79.9. The Morgan fingerprint density at radius 2 is 2.00 bits per heavy atom. The Morgan fingerprint density at radius 1 is 1.26 bits per heavy atom. The minimum absolute atomic E-state index is 0.440. The van der Waals surface area contributed by atoms with E-state index < -0.39 is 6.10 Å². The Balaban J connectivity index is 2.10. The molecule has 0 saturated heterocycles. The molecule has 4 heteroatoms. The van der Waals surface area contributed by atoms with Crippen LogP contribution in [0.2, 0.25) is 5.02 Å². The number of ether oxygens (including phenoxy) is 1. The molecule has 0 aliphatic heterocycles. The van der Waals surface area contributed by atoms with Crippen LogP contribution in [0.4, 0.5) is 0 Å². The first-order valence-corrected chi connectivity index (χ1v) is 7.08. The van der Waals surface area contributed by atoms with Crippen LogP contribution < -0.4 is 4.74 Å². The van der Waals surface area contributed by atoms with Gasteiger partial charge < -0.3 is 9.84 Å². The summed E-state index contributed by atoms with van der Waals surface area (Å²) in [5.41, 5.74) is 1.83. The molecule has 0 aliphatic carbocycles. The standard InChI is InChI=1S/C15H14BrClO2/c1-10(18)11-6-7-15(14(17)8-11)19-9-12-4-2-3-5-13(12)16/h2-8,10,18H,9H2,1H3/t10-/m0/s1. The lowest BCUT2D eigenvalue weighted by Crippen LogP contribution is -1.98. The zero-order valence-corrected chi connectivity index (χ0v) is 12.8. The second-order valence-corrected chi connectivity index (χ2v) is 5.51. The van der Waals surface area contributed by atoms with Gasteiger partial charge in [-0.15, -0.1) is 0 Å². The predicted molar refractivity (Wildman–Crippen MR) is 80.6 cm³/mol. The van der Waals surface area contributed by atoms with Gasteiger partial charge in [-0.2, -0.15) is 0 Å². The van der Waals surface area contributed by atoms with Crippen molar-refractivity contribution in [1.82, 2.24) is 0 Å². The lowest BCUT2D eigenvalue weighted by atomic mass is 10.1. The number of benzene rings is 2. The van der Waals surface area contributed by atoms with Crippen molar-refractivity contribution in [2.24, 2.45) is 0 Å². The fourth-order valence-electron chi connectivity index (χ4n) is 1.66. The molecule has 0 amide bonds. The third-order valence-corrected chi connectivity index (χ3v) is 3.85. The topological polar surface area (TPSA) is 29.5 Å². The fourth-order valence-corrected chi connectivity index (χ4v) is 2.31. The van der Waals surface area contributed by atoms with E-state index in [0.29, 0.717) is 17.4 Å². The van der Waals surface area contributed by atoms with Gasteiger partial charge in [0.1, 0.15) is 12.4 Å². The lowest BCUT2D eigenvalue weighted by Gasteiger charge is -2.11. The van der Waals surface area contributed by atoms with Gasteiger partial charge in [0.25, 0.3) is 0 Å². The highest BCUT2D eigenvalue weighted by Crippen LogP contribution is 2.29. The SMILES string of the molecule is C[C@H](O)c1ccc(OCc2ccccc2Br)c(Cl)c1. The van der Waals surface area contributed by atoms with Gasteiger partial charge in [-0.3, -0.25) is 0 Å². The minimum atomic E-state index is -0.533. The molecule has 1 N–H and O–H groups in total. The normalized spacial score (nSPS) is 12.2. The van der Waals surface area contributed by atoms with E-state index in [1.165, 1.54) is 0 Å². The van der Waals surface area contributed by atoms with E-state index in [1.807, 2.05) is 30.3 Å². The molecule has 2 nitrogen and oxygen atoms in total. The van der Waals surface area contributed by atoms with Crippen LogP contribution in [0.1, 0.15) is 24.2 Å². The zero-order chi connectivity index (χ0) is 13.8. The first-order chi connectivity index (χ1) is 9.08. The molecular formula is C15H14BrClO2. The van der Waals surface area contributed by atoms with Crippen molar-refractivity contribution in [3.63, 3.8) is 0 Å². The minimum Gasteiger partial charge on any atom is -0.487 e. The Labute approximate surface area is 126 Å². The molecule has 0 unspecified atom stereocenters. The fraction of sp³-hybridized carbons (Fsp3) is 0.200. The van der Waals surface area contributed by atoms with Crippen molar-refractivity contribution in [3.05, 3.63) is 63.1 Å². The van der Waals surface area contributed by atoms with Crippen LogP contribution in [0.25, 0.3) is 0 Å². The summed E-state index contributed by atoms with van der Waals surface area (Å²) in [6.07, 6.45) is -0.533. The molecular weight excluding hydrogens is 328 g/mol. The highest BCUT2D eigenvalue weighted by molar-refractivity contribution is 9.10. The molecule has 0 radical (unpaired) electrons. The van der Waals surface area contributed by atoms with Gasteiger partial charge in [-0.05, 0) is 30.7 Å². The number of hydrogen-bond acceptors (Lipinski definition) is 2. The summed E-state index contributed by atoms with van der Waals surface area (Å²) in [4.78, 5) is 0. The van der Waals surface area contributed by atoms with E-state index in [9.17, 15) is 5.11 Å².